The summed E-state index contributed by atoms with van der Waals surface area (Å²) in [6, 6.07) is 3.42. The summed E-state index contributed by atoms with van der Waals surface area (Å²) in [4.78, 5) is 0. The zero-order chi connectivity index (χ0) is 12.3. The van der Waals surface area contributed by atoms with Crippen molar-refractivity contribution in [3.8, 4) is 5.75 Å². The van der Waals surface area contributed by atoms with E-state index in [2.05, 4.69) is 12.2 Å². The van der Waals surface area contributed by atoms with E-state index in [4.69, 9.17) is 4.74 Å². The number of hydrogen-bond acceptors (Lipinski definition) is 2. The molecule has 0 amide bonds. The predicted molar refractivity (Wildman–Crippen MR) is 66.9 cm³/mol. The highest BCUT2D eigenvalue weighted by Gasteiger charge is 2.20. The topological polar surface area (TPSA) is 21.3 Å². The van der Waals surface area contributed by atoms with Gasteiger partial charge >= 0.3 is 0 Å². The van der Waals surface area contributed by atoms with Crippen LogP contribution < -0.4 is 10.1 Å². The van der Waals surface area contributed by atoms with Gasteiger partial charge in [-0.25, -0.2) is 4.39 Å². The lowest BCUT2D eigenvalue weighted by atomic mass is 9.92. The first-order valence-electron chi connectivity index (χ1n) is 6.36. The van der Waals surface area contributed by atoms with Gasteiger partial charge in [0.1, 0.15) is 11.6 Å². The van der Waals surface area contributed by atoms with Gasteiger partial charge in [0.25, 0.3) is 0 Å². The molecule has 1 aromatic rings. The molecular weight excluding hydrogens is 217 g/mol. The van der Waals surface area contributed by atoms with Crippen LogP contribution in [0.3, 0.4) is 0 Å². The van der Waals surface area contributed by atoms with Crippen molar-refractivity contribution in [1.82, 2.24) is 5.32 Å². The second-order valence-electron chi connectivity index (χ2n) is 4.53. The van der Waals surface area contributed by atoms with Gasteiger partial charge in [0.05, 0.1) is 7.11 Å². The highest BCUT2D eigenvalue weighted by Crippen LogP contribution is 2.32. The standard InChI is InChI=1S/C14H20FNO/c1-3-11-12(13-6-4-5-7-16-13)8-10(15)9-14(11)17-2/h8-9,13,16H,3-7H2,1-2H3. The van der Waals surface area contributed by atoms with Crippen LogP contribution in [-0.4, -0.2) is 13.7 Å². The molecule has 1 heterocycles. The Bertz CT molecular complexity index is 386. The molecule has 3 heteroatoms. The summed E-state index contributed by atoms with van der Waals surface area (Å²) in [5, 5.41) is 3.47. The average Bonchev–Trinajstić information content (AvgIpc) is 2.38. The van der Waals surface area contributed by atoms with E-state index < -0.39 is 0 Å². The van der Waals surface area contributed by atoms with Crippen molar-refractivity contribution in [3.05, 3.63) is 29.1 Å². The molecule has 0 aromatic heterocycles. The average molecular weight is 237 g/mol. The minimum atomic E-state index is -0.207. The van der Waals surface area contributed by atoms with Crippen LogP contribution in [0.15, 0.2) is 12.1 Å². The van der Waals surface area contributed by atoms with Gasteiger partial charge < -0.3 is 10.1 Å². The summed E-state index contributed by atoms with van der Waals surface area (Å²) in [6.07, 6.45) is 4.38. The second-order valence-corrected chi connectivity index (χ2v) is 4.53. The molecule has 0 saturated carbocycles. The van der Waals surface area contributed by atoms with Crippen LogP contribution in [0.1, 0.15) is 43.4 Å². The molecule has 0 radical (unpaired) electrons. The first-order chi connectivity index (χ1) is 8.26. The molecular formula is C14H20FNO. The SMILES string of the molecule is CCc1c(OC)cc(F)cc1C1CCCCN1. The summed E-state index contributed by atoms with van der Waals surface area (Å²) in [6.45, 7) is 3.11. The summed E-state index contributed by atoms with van der Waals surface area (Å²) in [7, 11) is 1.60. The molecule has 1 aromatic carbocycles. The maximum atomic E-state index is 13.6. The van der Waals surface area contributed by atoms with Gasteiger partial charge in [-0.15, -0.1) is 0 Å². The molecule has 2 nitrogen and oxygen atoms in total. The van der Waals surface area contributed by atoms with Crippen molar-refractivity contribution >= 4 is 0 Å². The molecule has 1 N–H and O–H groups in total. The molecule has 1 atom stereocenters. The van der Waals surface area contributed by atoms with Crippen LogP contribution in [-0.2, 0) is 6.42 Å². The van der Waals surface area contributed by atoms with Crippen LogP contribution in [0.5, 0.6) is 5.75 Å². The molecule has 0 spiro atoms. The highest BCUT2D eigenvalue weighted by molar-refractivity contribution is 5.42. The molecule has 1 unspecified atom stereocenters. The van der Waals surface area contributed by atoms with Gasteiger partial charge in [-0.05, 0) is 43.0 Å². The van der Waals surface area contributed by atoms with E-state index in [1.54, 1.807) is 13.2 Å². The van der Waals surface area contributed by atoms with Gasteiger partial charge in [0, 0.05) is 12.1 Å². The molecule has 1 fully saturated rings. The van der Waals surface area contributed by atoms with E-state index in [-0.39, 0.29) is 11.9 Å². The number of benzene rings is 1. The number of piperidine rings is 1. The van der Waals surface area contributed by atoms with E-state index in [0.717, 1.165) is 30.5 Å². The number of ether oxygens (including phenoxy) is 1. The van der Waals surface area contributed by atoms with E-state index in [1.807, 2.05) is 0 Å². The Morgan fingerprint density at radius 1 is 1.41 bits per heavy atom. The Morgan fingerprint density at radius 3 is 2.82 bits per heavy atom. The van der Waals surface area contributed by atoms with E-state index in [0.29, 0.717) is 5.75 Å². The maximum absolute atomic E-state index is 13.6. The van der Waals surface area contributed by atoms with Gasteiger partial charge in [-0.3, -0.25) is 0 Å². The first kappa shape index (κ1) is 12.4. The van der Waals surface area contributed by atoms with Crippen molar-refractivity contribution in [2.75, 3.05) is 13.7 Å². The molecule has 0 aliphatic carbocycles. The number of methoxy groups -OCH3 is 1. The zero-order valence-corrected chi connectivity index (χ0v) is 10.6. The summed E-state index contributed by atoms with van der Waals surface area (Å²) in [5.41, 5.74) is 2.21. The van der Waals surface area contributed by atoms with Crippen LogP contribution >= 0.6 is 0 Å². The minimum Gasteiger partial charge on any atom is -0.496 e. The van der Waals surface area contributed by atoms with Crippen LogP contribution in [0.4, 0.5) is 4.39 Å². The third-order valence-electron chi connectivity index (χ3n) is 3.47. The van der Waals surface area contributed by atoms with Crippen LogP contribution in [0, 0.1) is 5.82 Å². The summed E-state index contributed by atoms with van der Waals surface area (Å²) < 4.78 is 18.9. The third kappa shape index (κ3) is 2.60. The minimum absolute atomic E-state index is 0.207. The van der Waals surface area contributed by atoms with E-state index in [9.17, 15) is 4.39 Å². The zero-order valence-electron chi connectivity index (χ0n) is 10.6. The first-order valence-corrected chi connectivity index (χ1v) is 6.36. The van der Waals surface area contributed by atoms with E-state index >= 15 is 0 Å². The normalized spacial score (nSPS) is 20.3. The lowest BCUT2D eigenvalue weighted by molar-refractivity contribution is 0.390. The highest BCUT2D eigenvalue weighted by atomic mass is 19.1. The second kappa shape index (κ2) is 5.50. The van der Waals surface area contributed by atoms with Crippen molar-refractivity contribution in [3.63, 3.8) is 0 Å². The number of halogens is 1. The quantitative estimate of drug-likeness (QED) is 0.871. The molecule has 1 aliphatic rings. The van der Waals surface area contributed by atoms with Crippen LogP contribution in [0.2, 0.25) is 0 Å². The molecule has 1 aliphatic heterocycles. The molecule has 2 rings (SSSR count). The van der Waals surface area contributed by atoms with Crippen molar-refractivity contribution in [2.24, 2.45) is 0 Å². The third-order valence-corrected chi connectivity index (χ3v) is 3.47. The Balaban J connectivity index is 2.39. The number of hydrogen-bond donors (Lipinski definition) is 1. The summed E-state index contributed by atoms with van der Waals surface area (Å²) >= 11 is 0. The summed E-state index contributed by atoms with van der Waals surface area (Å²) in [5.74, 6) is 0.469. The number of rotatable bonds is 3. The predicted octanol–water partition coefficient (Wildman–Crippen LogP) is 3.21. The Hall–Kier alpha value is -1.09. The molecule has 0 bridgehead atoms. The monoisotopic (exact) mass is 237 g/mol. The van der Waals surface area contributed by atoms with Crippen molar-refractivity contribution < 1.29 is 9.13 Å². The fourth-order valence-electron chi connectivity index (χ4n) is 2.62. The fourth-order valence-corrected chi connectivity index (χ4v) is 2.62. The lowest BCUT2D eigenvalue weighted by Gasteiger charge is -2.26. The van der Waals surface area contributed by atoms with Crippen molar-refractivity contribution in [2.45, 2.75) is 38.6 Å². The van der Waals surface area contributed by atoms with Gasteiger partial charge in [0.2, 0.25) is 0 Å². The Morgan fingerprint density at radius 2 is 2.24 bits per heavy atom. The van der Waals surface area contributed by atoms with Gasteiger partial charge in [-0.2, -0.15) is 0 Å². The maximum Gasteiger partial charge on any atom is 0.127 e. The Labute approximate surface area is 102 Å². The van der Waals surface area contributed by atoms with Gasteiger partial charge in [-0.1, -0.05) is 13.3 Å². The largest absolute Gasteiger partial charge is 0.496 e. The van der Waals surface area contributed by atoms with Crippen LogP contribution in [0.25, 0.3) is 0 Å². The van der Waals surface area contributed by atoms with E-state index in [1.165, 1.54) is 18.9 Å². The Kier molecular flexibility index (Phi) is 4.00. The van der Waals surface area contributed by atoms with Crippen molar-refractivity contribution in [1.29, 1.82) is 0 Å². The smallest absolute Gasteiger partial charge is 0.127 e. The molecule has 1 saturated heterocycles. The molecule has 94 valence electrons. The number of nitrogens with one attached hydrogen (secondary N) is 1. The lowest BCUT2D eigenvalue weighted by Crippen LogP contribution is -2.27. The fraction of sp³-hybridized carbons (Fsp3) is 0.571. The van der Waals surface area contributed by atoms with Gasteiger partial charge in [0.15, 0.2) is 0 Å². The molecule has 17 heavy (non-hydrogen) atoms.